The molecule has 0 bridgehead atoms. The number of thiazole rings is 1. The number of benzene rings is 2. The van der Waals surface area contributed by atoms with E-state index >= 15 is 0 Å². The molecule has 0 fully saturated rings. The second-order valence-electron chi connectivity index (χ2n) is 5.91. The van der Waals surface area contributed by atoms with E-state index < -0.39 is 22.6 Å². The van der Waals surface area contributed by atoms with E-state index in [4.69, 9.17) is 12.2 Å². The van der Waals surface area contributed by atoms with Gasteiger partial charge in [-0.1, -0.05) is 29.5 Å². The molecule has 2 amide bonds. The number of hydrogen-bond acceptors (Lipinski definition) is 7. The lowest BCUT2D eigenvalue weighted by Crippen LogP contribution is -2.24. The smallest absolute Gasteiger partial charge is 0.279 e. The summed E-state index contributed by atoms with van der Waals surface area (Å²) < 4.78 is 1.07. The molecule has 9 nitrogen and oxygen atoms in total. The van der Waals surface area contributed by atoms with Crippen LogP contribution in [0.4, 0.5) is 5.69 Å². The van der Waals surface area contributed by atoms with E-state index in [1.165, 1.54) is 18.2 Å². The minimum atomic E-state index is -0.659. The van der Waals surface area contributed by atoms with Gasteiger partial charge in [-0.25, -0.2) is 4.99 Å². The van der Waals surface area contributed by atoms with Gasteiger partial charge in [0, 0.05) is 22.9 Å². The zero-order chi connectivity index (χ0) is 20.7. The molecule has 4 rings (SSSR count). The third-order valence-electron chi connectivity index (χ3n) is 4.16. The molecule has 0 atom stereocenters. The molecule has 2 N–H and O–H groups in total. The molecule has 0 spiro atoms. The average molecular weight is 426 g/mol. The van der Waals surface area contributed by atoms with E-state index in [0.29, 0.717) is 5.56 Å². The maximum absolute atomic E-state index is 12.4. The maximum Gasteiger partial charge on any atom is 0.279 e. The third-order valence-corrected chi connectivity index (χ3v) is 5.54. The number of non-ortho nitro benzene ring substituents is 1. The van der Waals surface area contributed by atoms with Crippen LogP contribution in [0.5, 0.6) is 5.88 Å². The molecule has 29 heavy (non-hydrogen) atoms. The van der Waals surface area contributed by atoms with E-state index in [0.717, 1.165) is 16.0 Å². The SMILES string of the molecule is O=C1N=c2ccc([N+](=O)[O-])cc2=C1c1sc(=S)n(NC(=O)c2ccccc2)c1O. The molecule has 0 aliphatic carbocycles. The molecule has 1 aromatic heterocycles. The Balaban J connectivity index is 1.83. The highest BCUT2D eigenvalue weighted by molar-refractivity contribution is 7.73. The van der Waals surface area contributed by atoms with Crippen molar-refractivity contribution in [1.82, 2.24) is 4.68 Å². The highest BCUT2D eigenvalue weighted by atomic mass is 32.1. The van der Waals surface area contributed by atoms with Gasteiger partial charge >= 0.3 is 0 Å². The van der Waals surface area contributed by atoms with Crippen molar-refractivity contribution < 1.29 is 19.6 Å². The summed E-state index contributed by atoms with van der Waals surface area (Å²) in [5, 5.41) is 22.2. The lowest BCUT2D eigenvalue weighted by molar-refractivity contribution is -0.385. The first-order valence-electron chi connectivity index (χ1n) is 8.10. The Kier molecular flexibility index (Phi) is 4.53. The molecule has 0 unspecified atom stereocenters. The summed E-state index contributed by atoms with van der Waals surface area (Å²) in [4.78, 5) is 39.2. The molecule has 2 aromatic carbocycles. The molecule has 144 valence electrons. The normalized spacial score (nSPS) is 12.4. The number of aromatic nitrogens is 1. The van der Waals surface area contributed by atoms with Crippen LogP contribution >= 0.6 is 23.6 Å². The first kappa shape index (κ1) is 18.7. The largest absolute Gasteiger partial charge is 0.492 e. The average Bonchev–Trinajstić information content (AvgIpc) is 3.17. The topological polar surface area (TPSA) is 127 Å². The standard InChI is InChI=1S/C18H10N4O5S2/c23-15(9-4-2-1-3-5-9)20-21-17(25)14(29-18(21)28)13-11-8-10(22(26)27)6-7-12(11)19-16(13)24/h1-8,25H,(H,20,23). The summed E-state index contributed by atoms with van der Waals surface area (Å²) in [6.07, 6.45) is 0. The molecule has 2 heterocycles. The van der Waals surface area contributed by atoms with Gasteiger partial charge in [-0.2, -0.15) is 4.68 Å². The number of nitrogens with zero attached hydrogens (tertiary/aromatic N) is 3. The Bertz CT molecular complexity index is 1380. The van der Waals surface area contributed by atoms with Gasteiger partial charge in [-0.15, -0.1) is 0 Å². The predicted molar refractivity (Wildman–Crippen MR) is 106 cm³/mol. The van der Waals surface area contributed by atoms with E-state index in [1.807, 2.05) is 0 Å². The number of fused-ring (bicyclic) bond motifs is 1. The van der Waals surface area contributed by atoms with Gasteiger partial charge < -0.3 is 5.11 Å². The first-order valence-corrected chi connectivity index (χ1v) is 9.32. The van der Waals surface area contributed by atoms with Crippen molar-refractivity contribution in [2.24, 2.45) is 4.99 Å². The third kappa shape index (κ3) is 3.22. The lowest BCUT2D eigenvalue weighted by atomic mass is 10.1. The summed E-state index contributed by atoms with van der Waals surface area (Å²) in [5.41, 5.74) is 2.60. The van der Waals surface area contributed by atoms with Gasteiger partial charge in [0.05, 0.1) is 15.9 Å². The van der Waals surface area contributed by atoms with Crippen LogP contribution in [-0.2, 0) is 4.79 Å². The van der Waals surface area contributed by atoms with Crippen molar-refractivity contribution >= 4 is 46.6 Å². The first-order chi connectivity index (χ1) is 13.9. The zero-order valence-electron chi connectivity index (χ0n) is 14.4. The molecule has 0 saturated heterocycles. The minimum Gasteiger partial charge on any atom is -0.492 e. The molecular weight excluding hydrogens is 416 g/mol. The van der Waals surface area contributed by atoms with Gasteiger partial charge in [0.2, 0.25) is 5.88 Å². The van der Waals surface area contributed by atoms with Crippen molar-refractivity contribution in [3.05, 3.63) is 83.6 Å². The number of rotatable bonds is 4. The Hall–Kier alpha value is -3.70. The number of nitrogens with one attached hydrogen (secondary N) is 1. The van der Waals surface area contributed by atoms with Crippen molar-refractivity contribution in [3.63, 3.8) is 0 Å². The monoisotopic (exact) mass is 426 g/mol. The number of hydrogen-bond donors (Lipinski definition) is 2. The van der Waals surface area contributed by atoms with E-state index in [9.17, 15) is 24.8 Å². The van der Waals surface area contributed by atoms with Crippen LogP contribution in [0.2, 0.25) is 0 Å². The van der Waals surface area contributed by atoms with Crippen LogP contribution in [-0.4, -0.2) is 26.5 Å². The Morgan fingerprint density at radius 2 is 1.97 bits per heavy atom. The Morgan fingerprint density at radius 1 is 1.24 bits per heavy atom. The predicted octanol–water partition coefficient (Wildman–Crippen LogP) is 1.64. The van der Waals surface area contributed by atoms with Gasteiger partial charge in [-0.05, 0) is 30.4 Å². The van der Waals surface area contributed by atoms with Crippen LogP contribution in [0.3, 0.4) is 0 Å². The fourth-order valence-electron chi connectivity index (χ4n) is 2.82. The van der Waals surface area contributed by atoms with Crippen LogP contribution in [0.1, 0.15) is 15.2 Å². The summed E-state index contributed by atoms with van der Waals surface area (Å²) in [5.74, 6) is -1.62. The zero-order valence-corrected chi connectivity index (χ0v) is 16.0. The quantitative estimate of drug-likeness (QED) is 0.371. The maximum atomic E-state index is 12.4. The lowest BCUT2D eigenvalue weighted by Gasteiger charge is -2.07. The van der Waals surface area contributed by atoms with Crippen molar-refractivity contribution in [3.8, 4) is 5.88 Å². The van der Waals surface area contributed by atoms with Crippen LogP contribution in [0.15, 0.2) is 53.5 Å². The fraction of sp³-hybridized carbons (Fsp3) is 0. The van der Waals surface area contributed by atoms with Gasteiger partial charge in [0.15, 0.2) is 3.95 Å². The number of nitro benzene ring substituents is 1. The fourth-order valence-corrected chi connectivity index (χ4v) is 4.08. The number of aromatic hydroxyl groups is 1. The van der Waals surface area contributed by atoms with Gasteiger partial charge in [0.25, 0.3) is 17.5 Å². The number of carbonyl (C=O) groups is 2. The summed E-state index contributed by atoms with van der Waals surface area (Å²) in [6, 6.07) is 12.1. The molecular formula is C18H10N4O5S2. The molecule has 11 heteroatoms. The van der Waals surface area contributed by atoms with E-state index in [1.54, 1.807) is 30.3 Å². The van der Waals surface area contributed by atoms with Crippen molar-refractivity contribution in [2.75, 3.05) is 5.43 Å². The Morgan fingerprint density at radius 3 is 2.66 bits per heavy atom. The van der Waals surface area contributed by atoms with Crippen LogP contribution in [0, 0.1) is 14.1 Å². The van der Waals surface area contributed by atoms with E-state index in [-0.39, 0.29) is 30.7 Å². The molecule has 1 aliphatic heterocycles. The Labute approximate surface area is 171 Å². The van der Waals surface area contributed by atoms with Crippen LogP contribution < -0.4 is 16.0 Å². The number of amides is 2. The minimum absolute atomic E-state index is 0.00925. The number of nitro groups is 1. The van der Waals surface area contributed by atoms with Crippen molar-refractivity contribution in [2.45, 2.75) is 0 Å². The van der Waals surface area contributed by atoms with Crippen molar-refractivity contribution in [1.29, 1.82) is 0 Å². The molecule has 1 aliphatic rings. The summed E-state index contributed by atoms with van der Waals surface area (Å²) in [7, 11) is 0. The summed E-state index contributed by atoms with van der Waals surface area (Å²) in [6.45, 7) is 0. The highest BCUT2D eigenvalue weighted by Crippen LogP contribution is 2.32. The second-order valence-corrected chi connectivity index (χ2v) is 7.56. The van der Waals surface area contributed by atoms with Gasteiger partial charge in [0.1, 0.15) is 4.88 Å². The summed E-state index contributed by atoms with van der Waals surface area (Å²) >= 11 is 6.09. The highest BCUT2D eigenvalue weighted by Gasteiger charge is 2.27. The second kappa shape index (κ2) is 7.04. The molecule has 3 aromatic rings. The molecule has 0 saturated carbocycles. The molecule has 0 radical (unpaired) electrons. The number of carbonyl (C=O) groups excluding carboxylic acids is 2. The van der Waals surface area contributed by atoms with E-state index in [2.05, 4.69) is 10.4 Å². The van der Waals surface area contributed by atoms with Gasteiger partial charge in [-0.3, -0.25) is 25.1 Å². The van der Waals surface area contributed by atoms with Crippen LogP contribution in [0.25, 0.3) is 5.57 Å².